The minimum atomic E-state index is -0.984. The normalized spacial score (nSPS) is 10.4. The van der Waals surface area contributed by atoms with Gasteiger partial charge in [0, 0.05) is 10.9 Å². The SMILES string of the molecule is O=C(O)c1cccc(-c2csc(Nc3ccccc3F)n2)c1. The van der Waals surface area contributed by atoms with Gasteiger partial charge in [0.1, 0.15) is 5.82 Å². The Bertz CT molecular complexity index is 832. The van der Waals surface area contributed by atoms with Gasteiger partial charge in [-0.3, -0.25) is 0 Å². The first-order valence-corrected chi connectivity index (χ1v) is 7.32. The lowest BCUT2D eigenvalue weighted by Gasteiger charge is -2.03. The van der Waals surface area contributed by atoms with Gasteiger partial charge in [-0.05, 0) is 24.3 Å². The highest BCUT2D eigenvalue weighted by Gasteiger charge is 2.09. The van der Waals surface area contributed by atoms with Crippen molar-refractivity contribution < 1.29 is 14.3 Å². The van der Waals surface area contributed by atoms with Crippen molar-refractivity contribution in [3.05, 3.63) is 65.3 Å². The molecule has 0 aliphatic carbocycles. The van der Waals surface area contributed by atoms with Crippen LogP contribution in [0.15, 0.2) is 53.9 Å². The van der Waals surface area contributed by atoms with Crippen LogP contribution in [0.5, 0.6) is 0 Å². The van der Waals surface area contributed by atoms with E-state index < -0.39 is 5.97 Å². The Balaban J connectivity index is 1.86. The fourth-order valence-corrected chi connectivity index (χ4v) is 2.69. The van der Waals surface area contributed by atoms with Crippen molar-refractivity contribution >= 4 is 28.1 Å². The fourth-order valence-electron chi connectivity index (χ4n) is 1.95. The molecule has 1 aromatic heterocycles. The predicted octanol–water partition coefficient (Wildman–Crippen LogP) is 4.39. The molecule has 0 bridgehead atoms. The summed E-state index contributed by atoms with van der Waals surface area (Å²) in [4.78, 5) is 15.4. The van der Waals surface area contributed by atoms with Gasteiger partial charge in [0.05, 0.1) is 16.9 Å². The summed E-state index contributed by atoms with van der Waals surface area (Å²) in [5.41, 5.74) is 1.90. The van der Waals surface area contributed by atoms with Crippen LogP contribution < -0.4 is 5.32 Å². The molecule has 0 fully saturated rings. The van der Waals surface area contributed by atoms with Crippen molar-refractivity contribution in [1.29, 1.82) is 0 Å². The van der Waals surface area contributed by atoms with E-state index >= 15 is 0 Å². The van der Waals surface area contributed by atoms with Crippen molar-refractivity contribution in [2.75, 3.05) is 5.32 Å². The van der Waals surface area contributed by atoms with Crippen LogP contribution in [0.1, 0.15) is 10.4 Å². The third-order valence-electron chi connectivity index (χ3n) is 3.02. The number of carboxylic acids is 1. The molecule has 0 amide bonds. The van der Waals surface area contributed by atoms with E-state index in [-0.39, 0.29) is 11.4 Å². The van der Waals surface area contributed by atoms with E-state index in [1.165, 1.54) is 23.5 Å². The maximum atomic E-state index is 13.6. The van der Waals surface area contributed by atoms with Gasteiger partial charge in [-0.2, -0.15) is 0 Å². The molecule has 1 heterocycles. The van der Waals surface area contributed by atoms with Crippen LogP contribution in [0.25, 0.3) is 11.3 Å². The number of nitrogens with zero attached hydrogens (tertiary/aromatic N) is 1. The van der Waals surface area contributed by atoms with E-state index in [0.29, 0.717) is 22.1 Å². The molecule has 2 N–H and O–H groups in total. The van der Waals surface area contributed by atoms with Crippen LogP contribution in [0.3, 0.4) is 0 Å². The highest BCUT2D eigenvalue weighted by atomic mass is 32.1. The first kappa shape index (κ1) is 14.2. The summed E-state index contributed by atoms with van der Waals surface area (Å²) in [5.74, 6) is -1.34. The third-order valence-corrected chi connectivity index (χ3v) is 3.78. The average Bonchev–Trinajstić information content (AvgIpc) is 2.98. The Labute approximate surface area is 129 Å². The summed E-state index contributed by atoms with van der Waals surface area (Å²) < 4.78 is 13.6. The summed E-state index contributed by atoms with van der Waals surface area (Å²) >= 11 is 1.33. The summed E-state index contributed by atoms with van der Waals surface area (Å²) in [6.07, 6.45) is 0. The van der Waals surface area contributed by atoms with Crippen LogP contribution >= 0.6 is 11.3 Å². The largest absolute Gasteiger partial charge is 0.478 e. The van der Waals surface area contributed by atoms with Gasteiger partial charge in [0.15, 0.2) is 5.13 Å². The van der Waals surface area contributed by atoms with Crippen molar-refractivity contribution in [3.63, 3.8) is 0 Å². The summed E-state index contributed by atoms with van der Waals surface area (Å²) in [5, 5.41) is 14.3. The molecular weight excluding hydrogens is 303 g/mol. The zero-order valence-corrected chi connectivity index (χ0v) is 12.1. The first-order chi connectivity index (χ1) is 10.6. The number of aromatic carboxylic acids is 1. The van der Waals surface area contributed by atoms with Crippen molar-refractivity contribution in [2.24, 2.45) is 0 Å². The number of hydrogen-bond donors (Lipinski definition) is 2. The molecule has 0 radical (unpaired) electrons. The smallest absolute Gasteiger partial charge is 0.335 e. The third kappa shape index (κ3) is 2.96. The molecule has 0 aliphatic heterocycles. The minimum absolute atomic E-state index is 0.203. The Kier molecular flexibility index (Phi) is 3.84. The van der Waals surface area contributed by atoms with Crippen LogP contribution in [0, 0.1) is 5.82 Å². The molecule has 0 spiro atoms. The zero-order chi connectivity index (χ0) is 15.5. The van der Waals surface area contributed by atoms with Crippen LogP contribution in [-0.2, 0) is 0 Å². The Morgan fingerprint density at radius 1 is 1.18 bits per heavy atom. The number of anilines is 2. The highest BCUT2D eigenvalue weighted by Crippen LogP contribution is 2.28. The number of halogens is 1. The second-order valence-corrected chi connectivity index (χ2v) is 5.39. The van der Waals surface area contributed by atoms with Gasteiger partial charge in [0.2, 0.25) is 0 Å². The molecule has 0 saturated carbocycles. The maximum Gasteiger partial charge on any atom is 0.335 e. The number of carboxylic acid groups (broad SMARTS) is 1. The van der Waals surface area contributed by atoms with E-state index in [1.807, 2.05) is 0 Å². The monoisotopic (exact) mass is 314 g/mol. The number of rotatable bonds is 4. The summed E-state index contributed by atoms with van der Waals surface area (Å²) in [6.45, 7) is 0. The molecule has 2 aromatic carbocycles. The van der Waals surface area contributed by atoms with Gasteiger partial charge < -0.3 is 10.4 Å². The zero-order valence-electron chi connectivity index (χ0n) is 11.3. The molecule has 0 unspecified atom stereocenters. The Hall–Kier alpha value is -2.73. The standard InChI is InChI=1S/C16H11FN2O2S/c17-12-6-1-2-7-13(12)18-16-19-14(9-22-16)10-4-3-5-11(8-10)15(20)21/h1-9H,(H,18,19)(H,20,21). The molecule has 4 nitrogen and oxygen atoms in total. The van der Waals surface area contributed by atoms with Crippen molar-refractivity contribution in [3.8, 4) is 11.3 Å². The number of carbonyl (C=O) groups is 1. The van der Waals surface area contributed by atoms with Crippen molar-refractivity contribution in [2.45, 2.75) is 0 Å². The molecule has 0 atom stereocenters. The Morgan fingerprint density at radius 2 is 2.00 bits per heavy atom. The summed E-state index contributed by atoms with van der Waals surface area (Å²) in [7, 11) is 0. The predicted molar refractivity (Wildman–Crippen MR) is 84.2 cm³/mol. The molecule has 0 saturated heterocycles. The molecule has 0 aliphatic rings. The topological polar surface area (TPSA) is 62.2 Å². The van der Waals surface area contributed by atoms with Crippen molar-refractivity contribution in [1.82, 2.24) is 4.98 Å². The van der Waals surface area contributed by atoms with E-state index in [0.717, 1.165) is 0 Å². The molecule has 3 aromatic rings. The highest BCUT2D eigenvalue weighted by molar-refractivity contribution is 7.14. The minimum Gasteiger partial charge on any atom is -0.478 e. The van der Waals surface area contributed by atoms with Gasteiger partial charge in [-0.1, -0.05) is 24.3 Å². The Morgan fingerprint density at radius 3 is 2.77 bits per heavy atom. The molecule has 22 heavy (non-hydrogen) atoms. The summed E-state index contributed by atoms with van der Waals surface area (Å²) in [6, 6.07) is 12.9. The number of benzene rings is 2. The quantitative estimate of drug-likeness (QED) is 0.749. The number of aromatic nitrogens is 1. The van der Waals surface area contributed by atoms with E-state index in [4.69, 9.17) is 5.11 Å². The van der Waals surface area contributed by atoms with E-state index in [9.17, 15) is 9.18 Å². The first-order valence-electron chi connectivity index (χ1n) is 6.44. The second kappa shape index (κ2) is 5.95. The number of nitrogens with one attached hydrogen (secondary N) is 1. The van der Waals surface area contributed by atoms with Gasteiger partial charge in [-0.25, -0.2) is 14.2 Å². The van der Waals surface area contributed by atoms with E-state index in [1.54, 1.807) is 41.8 Å². The van der Waals surface area contributed by atoms with Crippen LogP contribution in [0.2, 0.25) is 0 Å². The number of para-hydroxylation sites is 1. The maximum absolute atomic E-state index is 13.6. The number of hydrogen-bond acceptors (Lipinski definition) is 4. The van der Waals surface area contributed by atoms with Crippen LogP contribution in [-0.4, -0.2) is 16.1 Å². The fraction of sp³-hybridized carbons (Fsp3) is 0. The molecular formula is C16H11FN2O2S. The van der Waals surface area contributed by atoms with Gasteiger partial charge in [-0.15, -0.1) is 11.3 Å². The van der Waals surface area contributed by atoms with E-state index in [2.05, 4.69) is 10.3 Å². The second-order valence-electron chi connectivity index (χ2n) is 4.53. The van der Waals surface area contributed by atoms with Gasteiger partial charge in [0.25, 0.3) is 0 Å². The lowest BCUT2D eigenvalue weighted by atomic mass is 10.1. The average molecular weight is 314 g/mol. The van der Waals surface area contributed by atoms with Crippen LogP contribution in [0.4, 0.5) is 15.2 Å². The lowest BCUT2D eigenvalue weighted by Crippen LogP contribution is -1.96. The number of thiazole rings is 1. The lowest BCUT2D eigenvalue weighted by molar-refractivity contribution is 0.0697. The van der Waals surface area contributed by atoms with Gasteiger partial charge >= 0.3 is 5.97 Å². The molecule has 3 rings (SSSR count). The molecule has 6 heteroatoms. The molecule has 110 valence electrons.